The van der Waals surface area contributed by atoms with Crippen LogP contribution in [0.2, 0.25) is 0 Å². The van der Waals surface area contributed by atoms with Crippen LogP contribution in [-0.4, -0.2) is 36.4 Å². The number of aromatic nitrogens is 2. The molecule has 0 amide bonds. The quantitative estimate of drug-likeness (QED) is 0.801. The van der Waals surface area contributed by atoms with E-state index in [-0.39, 0.29) is 0 Å². The summed E-state index contributed by atoms with van der Waals surface area (Å²) in [5.74, 6) is 1.61. The summed E-state index contributed by atoms with van der Waals surface area (Å²) in [7, 11) is 3.33. The maximum Gasteiger partial charge on any atom is 0.146 e. The zero-order valence-corrected chi connectivity index (χ0v) is 9.93. The van der Waals surface area contributed by atoms with E-state index in [4.69, 9.17) is 9.47 Å². The van der Waals surface area contributed by atoms with Crippen LogP contribution in [-0.2, 0) is 6.54 Å². The molecule has 1 fully saturated rings. The second kappa shape index (κ2) is 3.92. The van der Waals surface area contributed by atoms with Gasteiger partial charge in [0.2, 0.25) is 0 Å². The minimum absolute atomic E-state index is 0.559. The van der Waals surface area contributed by atoms with Crippen LogP contribution in [0.25, 0.3) is 11.0 Å². The monoisotopic (exact) mass is 233 g/mol. The molecule has 0 bridgehead atoms. The van der Waals surface area contributed by atoms with E-state index < -0.39 is 0 Å². The fourth-order valence-electron chi connectivity index (χ4n) is 2.05. The van der Waals surface area contributed by atoms with E-state index in [2.05, 4.69) is 14.9 Å². The molecule has 2 aromatic rings. The van der Waals surface area contributed by atoms with Crippen LogP contribution in [0.15, 0.2) is 18.5 Å². The molecule has 17 heavy (non-hydrogen) atoms. The van der Waals surface area contributed by atoms with Gasteiger partial charge in [0.15, 0.2) is 0 Å². The summed E-state index contributed by atoms with van der Waals surface area (Å²) < 4.78 is 12.8. The summed E-state index contributed by atoms with van der Waals surface area (Å²) in [4.78, 5) is 4.41. The minimum Gasteiger partial charge on any atom is -0.494 e. The van der Waals surface area contributed by atoms with E-state index in [0.717, 1.165) is 35.6 Å². The summed E-state index contributed by atoms with van der Waals surface area (Å²) in [6, 6.07) is 4.36. The second-order valence-electron chi connectivity index (χ2n) is 4.17. The number of rotatable bonds is 4. The molecule has 1 N–H and O–H groups in total. The zero-order chi connectivity index (χ0) is 11.8. The summed E-state index contributed by atoms with van der Waals surface area (Å²) in [6.45, 7) is 1.99. The number of hydrogen-bond acceptors (Lipinski definition) is 4. The lowest BCUT2D eigenvalue weighted by Gasteiger charge is -2.08. The number of fused-ring (bicyclic) bond motifs is 1. The van der Waals surface area contributed by atoms with Crippen molar-refractivity contribution in [1.82, 2.24) is 14.9 Å². The van der Waals surface area contributed by atoms with Gasteiger partial charge in [-0.15, -0.1) is 0 Å². The SMILES string of the molecule is COc1ccc(OC)c2c1ncn2CC1CN1. The highest BCUT2D eigenvalue weighted by Gasteiger charge is 2.22. The Hall–Kier alpha value is -1.75. The van der Waals surface area contributed by atoms with Crippen molar-refractivity contribution in [1.29, 1.82) is 0 Å². The maximum absolute atomic E-state index is 5.39. The van der Waals surface area contributed by atoms with E-state index in [1.807, 2.05) is 18.5 Å². The van der Waals surface area contributed by atoms with Gasteiger partial charge in [0.05, 0.1) is 20.5 Å². The molecular weight excluding hydrogens is 218 g/mol. The Morgan fingerprint density at radius 2 is 2.06 bits per heavy atom. The summed E-state index contributed by atoms with van der Waals surface area (Å²) in [6.07, 6.45) is 1.84. The molecule has 0 aliphatic carbocycles. The molecule has 90 valence electrons. The van der Waals surface area contributed by atoms with E-state index in [0.29, 0.717) is 6.04 Å². The van der Waals surface area contributed by atoms with Gasteiger partial charge in [-0.25, -0.2) is 4.98 Å². The van der Waals surface area contributed by atoms with E-state index >= 15 is 0 Å². The molecule has 1 atom stereocenters. The van der Waals surface area contributed by atoms with Crippen LogP contribution in [0.4, 0.5) is 0 Å². The summed E-state index contributed by atoms with van der Waals surface area (Å²) >= 11 is 0. The Balaban J connectivity index is 2.15. The Labute approximate surface area is 99.3 Å². The van der Waals surface area contributed by atoms with Gasteiger partial charge in [-0.3, -0.25) is 0 Å². The molecule has 1 aliphatic rings. The summed E-state index contributed by atoms with van der Waals surface area (Å²) in [5, 5.41) is 3.28. The third kappa shape index (κ3) is 1.72. The molecule has 1 aromatic heterocycles. The molecule has 2 heterocycles. The first kappa shape index (κ1) is 10.4. The largest absolute Gasteiger partial charge is 0.494 e. The number of methoxy groups -OCH3 is 2. The molecule has 1 aromatic carbocycles. The Kier molecular flexibility index (Phi) is 2.40. The minimum atomic E-state index is 0.559. The highest BCUT2D eigenvalue weighted by molar-refractivity contribution is 5.87. The highest BCUT2D eigenvalue weighted by atomic mass is 16.5. The van der Waals surface area contributed by atoms with Crippen molar-refractivity contribution in [3.63, 3.8) is 0 Å². The number of nitrogens with one attached hydrogen (secondary N) is 1. The molecule has 1 unspecified atom stereocenters. The van der Waals surface area contributed by atoms with Gasteiger partial charge in [-0.2, -0.15) is 0 Å². The van der Waals surface area contributed by atoms with Crippen molar-refractivity contribution in [2.24, 2.45) is 0 Å². The van der Waals surface area contributed by atoms with Crippen LogP contribution >= 0.6 is 0 Å². The molecule has 5 nitrogen and oxygen atoms in total. The van der Waals surface area contributed by atoms with E-state index in [9.17, 15) is 0 Å². The first-order valence-electron chi connectivity index (χ1n) is 5.62. The van der Waals surface area contributed by atoms with Gasteiger partial charge in [0.25, 0.3) is 0 Å². The fourth-order valence-corrected chi connectivity index (χ4v) is 2.05. The predicted molar refractivity (Wildman–Crippen MR) is 64.6 cm³/mol. The number of benzene rings is 1. The molecule has 0 spiro atoms. The lowest BCUT2D eigenvalue weighted by Crippen LogP contribution is -2.05. The number of nitrogens with zero attached hydrogens (tertiary/aromatic N) is 2. The molecular formula is C12H15N3O2. The molecule has 0 radical (unpaired) electrons. The van der Waals surface area contributed by atoms with Crippen LogP contribution in [0.3, 0.4) is 0 Å². The average molecular weight is 233 g/mol. The highest BCUT2D eigenvalue weighted by Crippen LogP contribution is 2.32. The molecule has 5 heteroatoms. The first-order chi connectivity index (χ1) is 8.33. The predicted octanol–water partition coefficient (Wildman–Crippen LogP) is 1.03. The van der Waals surface area contributed by atoms with Gasteiger partial charge >= 0.3 is 0 Å². The van der Waals surface area contributed by atoms with E-state index in [1.54, 1.807) is 14.2 Å². The molecule has 3 rings (SSSR count). The van der Waals surface area contributed by atoms with Crippen molar-refractivity contribution in [2.45, 2.75) is 12.6 Å². The van der Waals surface area contributed by atoms with Gasteiger partial charge < -0.3 is 19.4 Å². The maximum atomic E-state index is 5.39. The smallest absolute Gasteiger partial charge is 0.146 e. The van der Waals surface area contributed by atoms with Crippen molar-refractivity contribution >= 4 is 11.0 Å². The van der Waals surface area contributed by atoms with Gasteiger partial charge in [-0.1, -0.05) is 0 Å². The standard InChI is InChI=1S/C12H15N3O2/c1-16-9-3-4-10(17-2)12-11(9)14-7-15(12)6-8-5-13-8/h3-4,7-8,13H,5-6H2,1-2H3. The number of ether oxygens (including phenoxy) is 2. The topological polar surface area (TPSA) is 58.2 Å². The Morgan fingerprint density at radius 1 is 1.35 bits per heavy atom. The third-order valence-electron chi connectivity index (χ3n) is 3.04. The molecule has 1 saturated heterocycles. The Bertz CT molecular complexity index is 546. The van der Waals surface area contributed by atoms with Crippen LogP contribution in [0.5, 0.6) is 11.5 Å². The third-order valence-corrected chi connectivity index (χ3v) is 3.04. The normalized spacial score (nSPS) is 18.4. The van der Waals surface area contributed by atoms with Crippen LogP contribution in [0.1, 0.15) is 0 Å². The molecule has 0 saturated carbocycles. The van der Waals surface area contributed by atoms with E-state index in [1.165, 1.54) is 0 Å². The van der Waals surface area contributed by atoms with Gasteiger partial charge in [0.1, 0.15) is 22.5 Å². The number of imidazole rings is 1. The van der Waals surface area contributed by atoms with Gasteiger partial charge in [0, 0.05) is 19.1 Å². The lowest BCUT2D eigenvalue weighted by molar-refractivity contribution is 0.408. The zero-order valence-electron chi connectivity index (χ0n) is 9.93. The second-order valence-corrected chi connectivity index (χ2v) is 4.17. The van der Waals surface area contributed by atoms with Crippen molar-refractivity contribution in [3.8, 4) is 11.5 Å². The lowest BCUT2D eigenvalue weighted by atomic mass is 10.2. The van der Waals surface area contributed by atoms with Crippen molar-refractivity contribution in [2.75, 3.05) is 20.8 Å². The number of hydrogen-bond donors (Lipinski definition) is 1. The van der Waals surface area contributed by atoms with Crippen LogP contribution in [0, 0.1) is 0 Å². The van der Waals surface area contributed by atoms with Crippen LogP contribution < -0.4 is 14.8 Å². The Morgan fingerprint density at radius 3 is 2.71 bits per heavy atom. The average Bonchev–Trinajstić information content (AvgIpc) is 3.08. The van der Waals surface area contributed by atoms with Crippen molar-refractivity contribution in [3.05, 3.63) is 18.5 Å². The van der Waals surface area contributed by atoms with Gasteiger partial charge in [-0.05, 0) is 12.1 Å². The fraction of sp³-hybridized carbons (Fsp3) is 0.417. The van der Waals surface area contributed by atoms with Crippen molar-refractivity contribution < 1.29 is 9.47 Å². The molecule has 1 aliphatic heterocycles. The summed E-state index contributed by atoms with van der Waals surface area (Å²) in [5.41, 5.74) is 1.85. The first-order valence-corrected chi connectivity index (χ1v) is 5.62.